The largest absolute Gasteiger partial charge is 0.465 e. The Labute approximate surface area is 155 Å². The molecule has 0 bridgehead atoms. The number of pyridine rings is 1. The van der Waals surface area contributed by atoms with Crippen molar-refractivity contribution in [1.29, 1.82) is 0 Å². The number of halogens is 2. The standard InChI is InChI=1S/C20H19F2N3O2/c1-19(20(6-7-20)11-27-18(23)25-19)13-9-12(4-5-14(13)21)10-16(26)17-15(22)3-2-8-24-17/h2-5,8-9H,6-7,10-11H2,1H3,(H2,23,25)/t19-/m1/s1. The topological polar surface area (TPSA) is 77.6 Å². The van der Waals surface area contributed by atoms with Crippen LogP contribution >= 0.6 is 0 Å². The fraction of sp³-hybridized carbons (Fsp3) is 0.350. The van der Waals surface area contributed by atoms with Gasteiger partial charge in [0.1, 0.15) is 11.5 Å². The molecule has 1 saturated carbocycles. The molecule has 7 heteroatoms. The highest BCUT2D eigenvalue weighted by Gasteiger charge is 2.61. The van der Waals surface area contributed by atoms with E-state index in [2.05, 4.69) is 9.98 Å². The summed E-state index contributed by atoms with van der Waals surface area (Å²) < 4.78 is 33.9. The number of nitrogens with two attached hydrogens (primary N) is 1. The van der Waals surface area contributed by atoms with Gasteiger partial charge in [-0.1, -0.05) is 6.07 Å². The summed E-state index contributed by atoms with van der Waals surface area (Å²) in [6.45, 7) is 2.23. The average molecular weight is 371 g/mol. The highest BCUT2D eigenvalue weighted by molar-refractivity contribution is 5.96. The maximum Gasteiger partial charge on any atom is 0.282 e. The number of carbonyl (C=O) groups excluding carboxylic acids is 1. The van der Waals surface area contributed by atoms with E-state index in [0.717, 1.165) is 12.8 Å². The zero-order valence-electron chi connectivity index (χ0n) is 14.8. The van der Waals surface area contributed by atoms with Crippen LogP contribution in [0.15, 0.2) is 41.5 Å². The first-order chi connectivity index (χ1) is 12.8. The van der Waals surface area contributed by atoms with Gasteiger partial charge in [-0.2, -0.15) is 0 Å². The SMILES string of the molecule is C[C@]1(c2cc(CC(=O)c3ncccc3F)ccc2F)N=C(N)OCC12CC2. The van der Waals surface area contributed by atoms with E-state index in [0.29, 0.717) is 17.7 Å². The summed E-state index contributed by atoms with van der Waals surface area (Å²) in [5.74, 6) is -1.55. The minimum Gasteiger partial charge on any atom is -0.465 e. The Balaban J connectivity index is 1.69. The predicted octanol–water partition coefficient (Wildman–Crippen LogP) is 3.13. The van der Waals surface area contributed by atoms with Gasteiger partial charge in [0.15, 0.2) is 11.6 Å². The minimum absolute atomic E-state index is 0.0338. The van der Waals surface area contributed by atoms with Crippen molar-refractivity contribution >= 4 is 11.8 Å². The molecule has 0 radical (unpaired) electrons. The Kier molecular flexibility index (Phi) is 3.98. The predicted molar refractivity (Wildman–Crippen MR) is 95.2 cm³/mol. The normalized spacial score (nSPS) is 22.9. The van der Waals surface area contributed by atoms with Crippen LogP contribution in [0.1, 0.15) is 41.4 Å². The minimum atomic E-state index is -0.866. The molecule has 2 N–H and O–H groups in total. The first-order valence-electron chi connectivity index (χ1n) is 8.75. The van der Waals surface area contributed by atoms with E-state index < -0.39 is 23.0 Å². The molecule has 27 heavy (non-hydrogen) atoms. The lowest BCUT2D eigenvalue weighted by molar-refractivity contribution is 0.0983. The van der Waals surface area contributed by atoms with Crippen molar-refractivity contribution in [3.05, 3.63) is 65.0 Å². The molecular formula is C20H19F2N3O2. The van der Waals surface area contributed by atoms with E-state index in [-0.39, 0.29) is 23.6 Å². The average Bonchev–Trinajstić information content (AvgIpc) is 3.42. The Morgan fingerprint density at radius 1 is 1.26 bits per heavy atom. The van der Waals surface area contributed by atoms with E-state index in [4.69, 9.17) is 10.5 Å². The number of benzene rings is 1. The number of amidine groups is 1. The maximum absolute atomic E-state index is 14.7. The molecule has 1 aromatic carbocycles. The van der Waals surface area contributed by atoms with Gasteiger partial charge < -0.3 is 10.5 Å². The van der Waals surface area contributed by atoms with Gasteiger partial charge in [0, 0.05) is 23.6 Å². The molecule has 1 fully saturated rings. The summed E-state index contributed by atoms with van der Waals surface area (Å²) in [6.07, 6.45) is 3.01. The van der Waals surface area contributed by atoms with Gasteiger partial charge in [0.05, 0.1) is 12.1 Å². The van der Waals surface area contributed by atoms with E-state index in [1.165, 1.54) is 30.5 Å². The van der Waals surface area contributed by atoms with Crippen molar-refractivity contribution < 1.29 is 18.3 Å². The third kappa shape index (κ3) is 2.87. The lowest BCUT2D eigenvalue weighted by atomic mass is 9.76. The zero-order chi connectivity index (χ0) is 19.2. The lowest BCUT2D eigenvalue weighted by Gasteiger charge is -2.38. The van der Waals surface area contributed by atoms with Crippen molar-refractivity contribution in [3.63, 3.8) is 0 Å². The first-order valence-corrected chi connectivity index (χ1v) is 8.75. The Morgan fingerprint density at radius 2 is 2.04 bits per heavy atom. The first kappa shape index (κ1) is 17.6. The van der Waals surface area contributed by atoms with Crippen LogP contribution in [0.25, 0.3) is 0 Å². The van der Waals surface area contributed by atoms with Crippen LogP contribution in [0.5, 0.6) is 0 Å². The molecule has 1 aliphatic carbocycles. The van der Waals surface area contributed by atoms with Crippen LogP contribution in [0.4, 0.5) is 8.78 Å². The second-order valence-electron chi connectivity index (χ2n) is 7.34. The molecule has 2 aromatic rings. The molecule has 2 aliphatic rings. The molecule has 1 spiro atoms. The zero-order valence-corrected chi connectivity index (χ0v) is 14.8. The number of hydrogen-bond acceptors (Lipinski definition) is 5. The van der Waals surface area contributed by atoms with E-state index in [9.17, 15) is 13.6 Å². The van der Waals surface area contributed by atoms with Gasteiger partial charge in [-0.25, -0.2) is 13.8 Å². The lowest BCUT2D eigenvalue weighted by Crippen LogP contribution is -2.43. The summed E-state index contributed by atoms with van der Waals surface area (Å²) in [7, 11) is 0. The summed E-state index contributed by atoms with van der Waals surface area (Å²) in [4.78, 5) is 20.7. The number of rotatable bonds is 4. The van der Waals surface area contributed by atoms with Gasteiger partial charge in [-0.15, -0.1) is 0 Å². The number of Topliss-reactive ketones (excluding diaryl/α,β-unsaturated/α-hetero) is 1. The van der Waals surface area contributed by atoms with E-state index in [1.807, 2.05) is 6.92 Å². The molecule has 2 heterocycles. The number of ether oxygens (including phenoxy) is 1. The molecule has 4 rings (SSSR count). The number of ketones is 1. The van der Waals surface area contributed by atoms with Crippen molar-refractivity contribution in [2.24, 2.45) is 16.1 Å². The Hall–Kier alpha value is -2.83. The van der Waals surface area contributed by atoms with Crippen molar-refractivity contribution in [1.82, 2.24) is 4.98 Å². The molecular weight excluding hydrogens is 352 g/mol. The number of carbonyl (C=O) groups is 1. The van der Waals surface area contributed by atoms with Crippen LogP contribution in [0, 0.1) is 17.0 Å². The Bertz CT molecular complexity index is 956. The quantitative estimate of drug-likeness (QED) is 0.838. The maximum atomic E-state index is 14.7. The molecule has 140 valence electrons. The third-order valence-corrected chi connectivity index (χ3v) is 5.66. The number of nitrogens with zero attached hydrogens (tertiary/aromatic N) is 2. The number of aliphatic imine (C=N–C) groups is 1. The van der Waals surface area contributed by atoms with E-state index in [1.54, 1.807) is 6.07 Å². The molecule has 0 unspecified atom stereocenters. The molecule has 0 saturated heterocycles. The number of hydrogen-bond donors (Lipinski definition) is 1. The van der Waals surface area contributed by atoms with Crippen LogP contribution in [0.3, 0.4) is 0 Å². The van der Waals surface area contributed by atoms with Crippen LogP contribution < -0.4 is 5.73 Å². The molecule has 1 aliphatic heterocycles. The number of aromatic nitrogens is 1. The summed E-state index contributed by atoms with van der Waals surface area (Å²) in [6, 6.07) is 7.10. The van der Waals surface area contributed by atoms with Gasteiger partial charge in [-0.05, 0) is 49.6 Å². The molecule has 1 aromatic heterocycles. The highest BCUT2D eigenvalue weighted by atomic mass is 19.1. The summed E-state index contributed by atoms with van der Waals surface area (Å²) in [5.41, 5.74) is 5.33. The Morgan fingerprint density at radius 3 is 2.74 bits per heavy atom. The third-order valence-electron chi connectivity index (χ3n) is 5.66. The van der Waals surface area contributed by atoms with Crippen LogP contribution in [-0.2, 0) is 16.7 Å². The van der Waals surface area contributed by atoms with Crippen molar-refractivity contribution in [2.45, 2.75) is 31.7 Å². The smallest absolute Gasteiger partial charge is 0.282 e. The summed E-state index contributed by atoms with van der Waals surface area (Å²) >= 11 is 0. The monoisotopic (exact) mass is 371 g/mol. The van der Waals surface area contributed by atoms with E-state index >= 15 is 0 Å². The van der Waals surface area contributed by atoms with Crippen molar-refractivity contribution in [3.8, 4) is 0 Å². The molecule has 0 amide bonds. The summed E-state index contributed by atoms with van der Waals surface area (Å²) in [5, 5.41) is 0. The van der Waals surface area contributed by atoms with Gasteiger partial charge >= 0.3 is 0 Å². The molecule has 1 atom stereocenters. The second kappa shape index (κ2) is 6.11. The van der Waals surface area contributed by atoms with Gasteiger partial charge in [0.2, 0.25) is 0 Å². The second-order valence-corrected chi connectivity index (χ2v) is 7.34. The molecule has 5 nitrogen and oxygen atoms in total. The van der Waals surface area contributed by atoms with Gasteiger partial charge in [0.25, 0.3) is 6.02 Å². The highest BCUT2D eigenvalue weighted by Crippen LogP contribution is 2.62. The van der Waals surface area contributed by atoms with Crippen molar-refractivity contribution in [2.75, 3.05) is 6.61 Å². The fourth-order valence-corrected chi connectivity index (χ4v) is 3.77. The van der Waals surface area contributed by atoms with Gasteiger partial charge in [-0.3, -0.25) is 9.78 Å². The fourth-order valence-electron chi connectivity index (χ4n) is 3.77. The van der Waals surface area contributed by atoms with Crippen LogP contribution in [-0.4, -0.2) is 23.4 Å². The van der Waals surface area contributed by atoms with Crippen LogP contribution in [0.2, 0.25) is 0 Å².